The van der Waals surface area contributed by atoms with Gasteiger partial charge in [-0.3, -0.25) is 9.79 Å². The van der Waals surface area contributed by atoms with Crippen molar-refractivity contribution < 1.29 is 23.1 Å². The van der Waals surface area contributed by atoms with Crippen molar-refractivity contribution >= 4 is 17.3 Å². The molecule has 0 spiro atoms. The number of anilines is 1. The number of rotatable bonds is 5. The average Bonchev–Trinajstić information content (AvgIpc) is 3.26. The molecule has 0 aliphatic heterocycles. The Kier molecular flexibility index (Phi) is 6.63. The van der Waals surface area contributed by atoms with Crippen molar-refractivity contribution in [2.24, 2.45) is 4.99 Å². The third-order valence-corrected chi connectivity index (χ3v) is 4.62. The van der Waals surface area contributed by atoms with Gasteiger partial charge in [0.05, 0.1) is 40.5 Å². The van der Waals surface area contributed by atoms with Gasteiger partial charge in [0.1, 0.15) is 11.3 Å². The molecule has 2 N–H and O–H groups in total. The van der Waals surface area contributed by atoms with Crippen LogP contribution in [0.1, 0.15) is 23.7 Å². The molecule has 2 aromatic carbocycles. The molecule has 7 nitrogen and oxygen atoms in total. The molecular weight excluding hydrogens is 435 g/mol. The quantitative estimate of drug-likeness (QED) is 0.333. The van der Waals surface area contributed by atoms with Gasteiger partial charge in [0, 0.05) is 12.7 Å². The molecule has 1 aromatic heterocycles. The Bertz CT molecular complexity index is 1280. The number of amides is 1. The Hall–Kier alpha value is -4.39. The minimum absolute atomic E-state index is 0.0707. The van der Waals surface area contributed by atoms with E-state index < -0.39 is 17.6 Å². The summed E-state index contributed by atoms with van der Waals surface area (Å²) in [5.74, 6) is -1.23. The molecule has 10 heteroatoms. The largest absolute Gasteiger partial charge is 0.512 e. The fourth-order valence-electron chi connectivity index (χ4n) is 3.13. The molecule has 0 aliphatic carbocycles. The summed E-state index contributed by atoms with van der Waals surface area (Å²) in [4.78, 5) is 17.1. The molecule has 1 amide bonds. The Labute approximate surface area is 187 Å². The zero-order chi connectivity index (χ0) is 24.2. The average molecular weight is 453 g/mol. The highest BCUT2D eigenvalue weighted by atomic mass is 19.4. The van der Waals surface area contributed by atoms with Crippen molar-refractivity contribution in [2.45, 2.75) is 13.1 Å². The predicted molar refractivity (Wildman–Crippen MR) is 116 cm³/mol. The maximum atomic E-state index is 13.0. The number of aliphatic hydroxyl groups is 1. The summed E-state index contributed by atoms with van der Waals surface area (Å²) in [7, 11) is 1.41. The molecule has 168 valence electrons. The lowest BCUT2D eigenvalue weighted by Gasteiger charge is -2.15. The fourth-order valence-corrected chi connectivity index (χ4v) is 3.13. The zero-order valence-electron chi connectivity index (χ0n) is 17.6. The molecule has 0 saturated carbocycles. The van der Waals surface area contributed by atoms with Crippen LogP contribution < -0.4 is 5.32 Å². The maximum Gasteiger partial charge on any atom is 0.416 e. The third kappa shape index (κ3) is 5.10. The number of aromatic nitrogens is 2. The monoisotopic (exact) mass is 453 g/mol. The Morgan fingerprint density at radius 1 is 1.18 bits per heavy atom. The third-order valence-electron chi connectivity index (χ3n) is 4.62. The Morgan fingerprint density at radius 3 is 2.45 bits per heavy atom. The smallest absolute Gasteiger partial charge is 0.416 e. The fraction of sp³-hybridized carbons (Fsp3) is 0.130. The summed E-state index contributed by atoms with van der Waals surface area (Å²) in [5, 5.41) is 25.9. The number of alkyl halides is 3. The van der Waals surface area contributed by atoms with Gasteiger partial charge >= 0.3 is 6.18 Å². The second-order valence-corrected chi connectivity index (χ2v) is 6.85. The number of halogens is 3. The van der Waals surface area contributed by atoms with Gasteiger partial charge in [-0.2, -0.15) is 23.5 Å². The zero-order valence-corrected chi connectivity index (χ0v) is 17.6. The predicted octanol–water partition coefficient (Wildman–Crippen LogP) is 4.65. The summed E-state index contributed by atoms with van der Waals surface area (Å²) in [6.07, 6.45) is -3.11. The summed E-state index contributed by atoms with van der Waals surface area (Å²) >= 11 is 0. The number of allylic oxidation sites excluding steroid dienone is 1. The SMILES string of the molecule is CN=C(C(C(=O)Nc1cccc(C(F)(F)F)c1)=C(C)O)c1ccnn1-c1ccc(C#N)cc1. The van der Waals surface area contributed by atoms with Crippen LogP contribution in [0.25, 0.3) is 5.69 Å². The van der Waals surface area contributed by atoms with E-state index in [4.69, 9.17) is 5.26 Å². The van der Waals surface area contributed by atoms with E-state index in [1.54, 1.807) is 30.3 Å². The molecule has 3 aromatic rings. The molecular formula is C23H18F3N5O2. The second kappa shape index (κ2) is 9.40. The summed E-state index contributed by atoms with van der Waals surface area (Å²) < 4.78 is 40.5. The molecule has 33 heavy (non-hydrogen) atoms. The van der Waals surface area contributed by atoms with Gasteiger partial charge in [0.15, 0.2) is 0 Å². The lowest BCUT2D eigenvalue weighted by Crippen LogP contribution is -2.25. The molecule has 0 bridgehead atoms. The minimum Gasteiger partial charge on any atom is -0.512 e. The van der Waals surface area contributed by atoms with Crippen LogP contribution in [0.4, 0.5) is 18.9 Å². The van der Waals surface area contributed by atoms with Crippen LogP contribution in [0.5, 0.6) is 0 Å². The summed E-state index contributed by atoms with van der Waals surface area (Å²) in [6.45, 7) is 1.27. The highest BCUT2D eigenvalue weighted by Crippen LogP contribution is 2.31. The second-order valence-electron chi connectivity index (χ2n) is 6.85. The van der Waals surface area contributed by atoms with Crippen molar-refractivity contribution in [3.63, 3.8) is 0 Å². The molecule has 0 aliphatic rings. The molecule has 0 radical (unpaired) electrons. The van der Waals surface area contributed by atoms with Crippen LogP contribution in [-0.4, -0.2) is 33.6 Å². The molecule has 0 saturated heterocycles. The van der Waals surface area contributed by atoms with Crippen molar-refractivity contribution in [1.29, 1.82) is 5.26 Å². The van der Waals surface area contributed by atoms with E-state index in [1.807, 2.05) is 6.07 Å². The molecule has 1 heterocycles. The number of carbonyl (C=O) groups excluding carboxylic acids is 1. The molecule has 3 rings (SSSR count). The first kappa shape index (κ1) is 23.3. The Balaban J connectivity index is 1.97. The molecule has 0 fully saturated rings. The molecule has 0 unspecified atom stereocenters. The van der Waals surface area contributed by atoms with Crippen molar-refractivity contribution in [1.82, 2.24) is 9.78 Å². The number of nitrogens with one attached hydrogen (secondary N) is 1. The first-order valence-electron chi connectivity index (χ1n) is 9.56. The van der Waals surface area contributed by atoms with Crippen molar-refractivity contribution in [2.75, 3.05) is 12.4 Å². The van der Waals surface area contributed by atoms with E-state index in [9.17, 15) is 23.1 Å². The number of hydrogen-bond donors (Lipinski definition) is 2. The van der Waals surface area contributed by atoms with Gasteiger partial charge in [-0.05, 0) is 55.5 Å². The van der Waals surface area contributed by atoms with E-state index >= 15 is 0 Å². The van der Waals surface area contributed by atoms with Gasteiger partial charge in [0.2, 0.25) is 0 Å². The minimum atomic E-state index is -4.57. The van der Waals surface area contributed by atoms with Crippen LogP contribution in [0, 0.1) is 11.3 Å². The van der Waals surface area contributed by atoms with Gasteiger partial charge < -0.3 is 10.4 Å². The number of nitriles is 1. The lowest BCUT2D eigenvalue weighted by molar-refractivity contribution is -0.137. The number of carbonyl (C=O) groups is 1. The normalized spacial score (nSPS) is 12.7. The van der Waals surface area contributed by atoms with E-state index in [0.29, 0.717) is 16.9 Å². The van der Waals surface area contributed by atoms with Gasteiger partial charge in [-0.25, -0.2) is 4.68 Å². The van der Waals surface area contributed by atoms with E-state index in [-0.39, 0.29) is 22.7 Å². The first-order chi connectivity index (χ1) is 15.7. The lowest BCUT2D eigenvalue weighted by atomic mass is 10.0. The number of hydrogen-bond acceptors (Lipinski definition) is 5. The van der Waals surface area contributed by atoms with Gasteiger partial charge in [0.25, 0.3) is 5.91 Å². The van der Waals surface area contributed by atoms with E-state index in [1.165, 1.54) is 37.0 Å². The van der Waals surface area contributed by atoms with Crippen LogP contribution in [0.3, 0.4) is 0 Å². The highest BCUT2D eigenvalue weighted by Gasteiger charge is 2.31. The van der Waals surface area contributed by atoms with Crippen LogP contribution in [-0.2, 0) is 11.0 Å². The molecule has 0 atom stereocenters. The number of aliphatic imine (C=N–C) groups is 1. The van der Waals surface area contributed by atoms with E-state index in [2.05, 4.69) is 15.4 Å². The number of benzene rings is 2. The number of nitrogens with zero attached hydrogens (tertiary/aromatic N) is 4. The van der Waals surface area contributed by atoms with Crippen molar-refractivity contribution in [3.05, 3.63) is 88.9 Å². The van der Waals surface area contributed by atoms with Crippen LogP contribution >= 0.6 is 0 Å². The highest BCUT2D eigenvalue weighted by molar-refractivity contribution is 6.30. The summed E-state index contributed by atoms with van der Waals surface area (Å²) in [5.41, 5.74) is 0.198. The number of aliphatic hydroxyl groups excluding tert-OH is 1. The van der Waals surface area contributed by atoms with E-state index in [0.717, 1.165) is 12.1 Å². The topological polar surface area (TPSA) is 103 Å². The maximum absolute atomic E-state index is 13.0. The Morgan fingerprint density at radius 2 is 1.88 bits per heavy atom. The van der Waals surface area contributed by atoms with Crippen molar-refractivity contribution in [3.8, 4) is 11.8 Å². The van der Waals surface area contributed by atoms with Crippen LogP contribution in [0.2, 0.25) is 0 Å². The van der Waals surface area contributed by atoms with Crippen LogP contribution in [0.15, 0.2) is 77.1 Å². The van der Waals surface area contributed by atoms with Gasteiger partial charge in [-0.1, -0.05) is 6.07 Å². The standard InChI is InChI=1S/C23H18F3N5O2/c1-14(32)20(22(33)30-17-5-3-4-16(12-17)23(24,25)26)21(28-2)19-10-11-29-31(19)18-8-6-15(13-27)7-9-18/h3-12,32H,1-2H3,(H,30,33). The first-order valence-corrected chi connectivity index (χ1v) is 9.56. The summed E-state index contributed by atoms with van der Waals surface area (Å²) in [6, 6.07) is 14.2. The van der Waals surface area contributed by atoms with Gasteiger partial charge in [-0.15, -0.1) is 0 Å².